The van der Waals surface area contributed by atoms with Crippen molar-refractivity contribution in [3.8, 4) is 11.5 Å². The lowest BCUT2D eigenvalue weighted by Crippen LogP contribution is -2.57. The first-order valence-electron chi connectivity index (χ1n) is 8.29. The SMILES string of the molecule is CCOc1ccccc1OC1CC(Cl)C12CCCCCC2. The minimum Gasteiger partial charge on any atom is -0.490 e. The predicted molar refractivity (Wildman–Crippen MR) is 86.4 cm³/mol. The van der Waals surface area contributed by atoms with E-state index in [0.717, 1.165) is 17.9 Å². The quantitative estimate of drug-likeness (QED) is 0.713. The normalized spacial score (nSPS) is 27.7. The molecule has 0 amide bonds. The van der Waals surface area contributed by atoms with Crippen LogP contribution < -0.4 is 9.47 Å². The summed E-state index contributed by atoms with van der Waals surface area (Å²) in [5.41, 5.74) is 0.192. The van der Waals surface area contributed by atoms with Crippen LogP contribution in [0.4, 0.5) is 0 Å². The molecule has 2 aliphatic rings. The van der Waals surface area contributed by atoms with Gasteiger partial charge in [0.15, 0.2) is 11.5 Å². The van der Waals surface area contributed by atoms with Gasteiger partial charge in [0.1, 0.15) is 6.10 Å². The van der Waals surface area contributed by atoms with Crippen LogP contribution in [0.5, 0.6) is 11.5 Å². The van der Waals surface area contributed by atoms with E-state index in [4.69, 9.17) is 21.1 Å². The van der Waals surface area contributed by atoms with Crippen molar-refractivity contribution < 1.29 is 9.47 Å². The largest absolute Gasteiger partial charge is 0.490 e. The van der Waals surface area contributed by atoms with Crippen molar-refractivity contribution in [1.82, 2.24) is 0 Å². The van der Waals surface area contributed by atoms with Gasteiger partial charge in [-0.05, 0) is 31.9 Å². The average molecular weight is 309 g/mol. The number of para-hydroxylation sites is 2. The maximum absolute atomic E-state index is 6.61. The first-order chi connectivity index (χ1) is 10.3. The molecule has 2 unspecified atom stereocenters. The second-order valence-corrected chi connectivity index (χ2v) is 6.86. The fraction of sp³-hybridized carbons (Fsp3) is 0.667. The van der Waals surface area contributed by atoms with Crippen LogP contribution in [0.25, 0.3) is 0 Å². The summed E-state index contributed by atoms with van der Waals surface area (Å²) in [6.07, 6.45) is 8.89. The van der Waals surface area contributed by atoms with E-state index in [-0.39, 0.29) is 16.9 Å². The maximum Gasteiger partial charge on any atom is 0.161 e. The van der Waals surface area contributed by atoms with Gasteiger partial charge in [0, 0.05) is 17.2 Å². The van der Waals surface area contributed by atoms with Gasteiger partial charge in [-0.3, -0.25) is 0 Å². The van der Waals surface area contributed by atoms with Crippen molar-refractivity contribution in [1.29, 1.82) is 0 Å². The number of alkyl halides is 1. The number of ether oxygens (including phenoxy) is 2. The molecular formula is C18H25ClO2. The molecular weight excluding hydrogens is 284 g/mol. The molecule has 0 N–H and O–H groups in total. The lowest BCUT2D eigenvalue weighted by molar-refractivity contribution is -0.0524. The molecule has 0 aromatic heterocycles. The zero-order chi connectivity index (χ0) is 14.7. The molecule has 1 spiro atoms. The molecule has 3 heteroatoms. The molecule has 0 radical (unpaired) electrons. The summed E-state index contributed by atoms with van der Waals surface area (Å²) >= 11 is 6.61. The summed E-state index contributed by atoms with van der Waals surface area (Å²) in [4.78, 5) is 0. The summed E-state index contributed by atoms with van der Waals surface area (Å²) in [6.45, 7) is 2.66. The van der Waals surface area contributed by atoms with E-state index < -0.39 is 0 Å². The average Bonchev–Trinajstić information content (AvgIpc) is 2.77. The number of hydrogen-bond donors (Lipinski definition) is 0. The van der Waals surface area contributed by atoms with Crippen molar-refractivity contribution in [2.45, 2.75) is 63.4 Å². The molecule has 0 aliphatic heterocycles. The standard InChI is InChI=1S/C18H25ClO2/c1-2-20-14-9-5-6-10-15(14)21-17-13-16(19)18(17)11-7-3-4-8-12-18/h5-6,9-10,16-17H,2-4,7-8,11-13H2,1H3. The van der Waals surface area contributed by atoms with E-state index in [9.17, 15) is 0 Å². The molecule has 2 aliphatic carbocycles. The lowest BCUT2D eigenvalue weighted by atomic mass is 9.61. The van der Waals surface area contributed by atoms with Crippen molar-refractivity contribution in [3.05, 3.63) is 24.3 Å². The minimum absolute atomic E-state index is 0.192. The summed E-state index contributed by atoms with van der Waals surface area (Å²) < 4.78 is 12.0. The van der Waals surface area contributed by atoms with Crippen LogP contribution in [-0.2, 0) is 0 Å². The first-order valence-corrected chi connectivity index (χ1v) is 8.72. The summed E-state index contributed by atoms with van der Waals surface area (Å²) in [7, 11) is 0. The Labute approximate surface area is 132 Å². The minimum atomic E-state index is 0.192. The van der Waals surface area contributed by atoms with E-state index in [1.807, 2.05) is 31.2 Å². The van der Waals surface area contributed by atoms with Gasteiger partial charge >= 0.3 is 0 Å². The highest BCUT2D eigenvalue weighted by Crippen LogP contribution is 2.55. The van der Waals surface area contributed by atoms with Gasteiger partial charge in [0.25, 0.3) is 0 Å². The van der Waals surface area contributed by atoms with E-state index in [1.54, 1.807) is 0 Å². The highest BCUT2D eigenvalue weighted by atomic mass is 35.5. The smallest absolute Gasteiger partial charge is 0.161 e. The molecule has 0 bridgehead atoms. The van der Waals surface area contributed by atoms with Crippen LogP contribution in [-0.4, -0.2) is 18.1 Å². The molecule has 2 atom stereocenters. The Morgan fingerprint density at radius 1 is 1.10 bits per heavy atom. The van der Waals surface area contributed by atoms with Crippen molar-refractivity contribution in [2.24, 2.45) is 5.41 Å². The summed E-state index contributed by atoms with van der Waals surface area (Å²) in [5.74, 6) is 1.72. The molecule has 2 saturated carbocycles. The van der Waals surface area contributed by atoms with Gasteiger partial charge in [0.2, 0.25) is 0 Å². The number of rotatable bonds is 4. The Balaban J connectivity index is 1.75. The molecule has 21 heavy (non-hydrogen) atoms. The van der Waals surface area contributed by atoms with Crippen LogP contribution in [0.15, 0.2) is 24.3 Å². The van der Waals surface area contributed by atoms with Crippen LogP contribution in [0.2, 0.25) is 0 Å². The van der Waals surface area contributed by atoms with E-state index in [2.05, 4.69) is 0 Å². The molecule has 0 heterocycles. The Kier molecular flexibility index (Phi) is 4.63. The highest BCUT2D eigenvalue weighted by Gasteiger charge is 2.55. The Bertz CT molecular complexity index is 466. The van der Waals surface area contributed by atoms with Crippen LogP contribution in [0.3, 0.4) is 0 Å². The van der Waals surface area contributed by atoms with E-state index >= 15 is 0 Å². The number of benzene rings is 1. The zero-order valence-electron chi connectivity index (χ0n) is 12.8. The third-order valence-corrected chi connectivity index (χ3v) is 5.75. The highest BCUT2D eigenvalue weighted by molar-refractivity contribution is 6.21. The lowest BCUT2D eigenvalue weighted by Gasteiger charge is -2.53. The Morgan fingerprint density at radius 2 is 1.76 bits per heavy atom. The van der Waals surface area contributed by atoms with Crippen LogP contribution in [0.1, 0.15) is 51.9 Å². The third-order valence-electron chi connectivity index (χ3n) is 5.14. The summed E-state index contributed by atoms with van der Waals surface area (Å²) in [6, 6.07) is 7.99. The molecule has 3 rings (SSSR count). The Hall–Kier alpha value is -0.890. The second-order valence-electron chi connectivity index (χ2n) is 6.34. The fourth-order valence-corrected chi connectivity index (χ4v) is 4.38. The predicted octanol–water partition coefficient (Wildman–Crippen LogP) is 5.18. The fourth-order valence-electron chi connectivity index (χ4n) is 3.86. The van der Waals surface area contributed by atoms with Gasteiger partial charge in [-0.25, -0.2) is 0 Å². The molecule has 0 saturated heterocycles. The van der Waals surface area contributed by atoms with Gasteiger partial charge in [-0.2, -0.15) is 0 Å². The van der Waals surface area contributed by atoms with Crippen LogP contribution in [0, 0.1) is 5.41 Å². The molecule has 1 aromatic carbocycles. The van der Waals surface area contributed by atoms with Gasteiger partial charge in [-0.1, -0.05) is 37.8 Å². The maximum atomic E-state index is 6.61. The zero-order valence-corrected chi connectivity index (χ0v) is 13.6. The molecule has 2 nitrogen and oxygen atoms in total. The molecule has 116 valence electrons. The van der Waals surface area contributed by atoms with E-state index in [1.165, 1.54) is 38.5 Å². The molecule has 1 aromatic rings. The Morgan fingerprint density at radius 3 is 2.38 bits per heavy atom. The van der Waals surface area contributed by atoms with Gasteiger partial charge < -0.3 is 9.47 Å². The summed E-state index contributed by atoms with van der Waals surface area (Å²) in [5, 5.41) is 0.278. The molecule has 2 fully saturated rings. The number of halogens is 1. The van der Waals surface area contributed by atoms with Gasteiger partial charge in [0.05, 0.1) is 6.61 Å². The van der Waals surface area contributed by atoms with Crippen LogP contribution >= 0.6 is 11.6 Å². The topological polar surface area (TPSA) is 18.5 Å². The first kappa shape index (κ1) is 15.0. The third kappa shape index (κ3) is 2.88. The second kappa shape index (κ2) is 6.48. The van der Waals surface area contributed by atoms with Crippen molar-refractivity contribution >= 4 is 11.6 Å². The van der Waals surface area contributed by atoms with Gasteiger partial charge in [-0.15, -0.1) is 11.6 Å². The van der Waals surface area contributed by atoms with Crippen molar-refractivity contribution in [3.63, 3.8) is 0 Å². The van der Waals surface area contributed by atoms with Crippen molar-refractivity contribution in [2.75, 3.05) is 6.61 Å². The number of hydrogen-bond acceptors (Lipinski definition) is 2. The van der Waals surface area contributed by atoms with E-state index in [0.29, 0.717) is 6.61 Å². The monoisotopic (exact) mass is 308 g/mol.